The van der Waals surface area contributed by atoms with E-state index in [0.29, 0.717) is 42.2 Å². The number of nitrogens with one attached hydrogen (secondary N) is 1. The summed E-state index contributed by atoms with van der Waals surface area (Å²) in [4.78, 5) is 19.2. The average Bonchev–Trinajstić information content (AvgIpc) is 2.69. The molecule has 0 spiro atoms. The molecular formula is C20H17Cl2N3O2. The van der Waals surface area contributed by atoms with Gasteiger partial charge in [0.25, 0.3) is 5.91 Å². The zero-order valence-corrected chi connectivity index (χ0v) is 15.9. The number of nitrogens with zero attached hydrogens (tertiary/aromatic N) is 2. The summed E-state index contributed by atoms with van der Waals surface area (Å²) in [5.74, 6) is -0.334. The molecule has 0 radical (unpaired) electrons. The van der Waals surface area contributed by atoms with E-state index in [4.69, 9.17) is 27.9 Å². The smallest absolute Gasteiger partial charge is 0.274 e. The number of carbonyl (C=O) groups excluding carboxylic acids is 1. The first-order chi connectivity index (χ1) is 13.1. The molecule has 1 fully saturated rings. The number of amides is 1. The van der Waals surface area contributed by atoms with Crippen LogP contribution in [0.25, 0.3) is 10.8 Å². The highest BCUT2D eigenvalue weighted by Crippen LogP contribution is 2.35. The molecule has 0 atom stereocenters. The summed E-state index contributed by atoms with van der Waals surface area (Å²) in [5, 5.41) is 5.49. The molecule has 0 aliphatic carbocycles. The number of halogens is 2. The second-order valence-corrected chi connectivity index (χ2v) is 6.97. The van der Waals surface area contributed by atoms with Crippen molar-refractivity contribution in [3.05, 3.63) is 64.4 Å². The number of hydrogen-bond donors (Lipinski definition) is 1. The molecule has 3 aromatic rings. The molecule has 27 heavy (non-hydrogen) atoms. The number of anilines is 2. The van der Waals surface area contributed by atoms with Crippen LogP contribution in [0.1, 0.15) is 10.5 Å². The molecule has 2 aromatic carbocycles. The van der Waals surface area contributed by atoms with Gasteiger partial charge in [0.2, 0.25) is 0 Å². The normalized spacial score (nSPS) is 14.4. The van der Waals surface area contributed by atoms with Gasteiger partial charge < -0.3 is 15.0 Å². The van der Waals surface area contributed by atoms with E-state index < -0.39 is 0 Å². The summed E-state index contributed by atoms with van der Waals surface area (Å²) >= 11 is 12.7. The second-order valence-electron chi connectivity index (χ2n) is 6.21. The second kappa shape index (κ2) is 7.72. The molecular weight excluding hydrogens is 385 g/mol. The minimum atomic E-state index is -0.334. The molecule has 1 N–H and O–H groups in total. The molecule has 1 saturated heterocycles. The molecule has 1 aliphatic rings. The maximum Gasteiger partial charge on any atom is 0.274 e. The van der Waals surface area contributed by atoms with Gasteiger partial charge >= 0.3 is 0 Å². The van der Waals surface area contributed by atoms with Crippen molar-refractivity contribution in [2.75, 3.05) is 36.5 Å². The zero-order chi connectivity index (χ0) is 18.8. The first-order valence-corrected chi connectivity index (χ1v) is 9.37. The highest BCUT2D eigenvalue weighted by atomic mass is 35.5. The number of benzene rings is 2. The van der Waals surface area contributed by atoms with Crippen molar-refractivity contribution in [1.82, 2.24) is 4.98 Å². The van der Waals surface area contributed by atoms with Gasteiger partial charge in [0, 0.05) is 18.5 Å². The van der Waals surface area contributed by atoms with Crippen LogP contribution in [0.15, 0.2) is 48.5 Å². The Morgan fingerprint density at radius 2 is 1.85 bits per heavy atom. The number of fused-ring (bicyclic) bond motifs is 1. The molecule has 0 saturated carbocycles. The van der Waals surface area contributed by atoms with E-state index in [1.54, 1.807) is 6.07 Å². The standard InChI is InChI=1S/C20H17Cl2N3O2/c21-15-6-3-7-16(18(15)25-8-10-27-11-9-25)24-20(26)17-12-13-4-1-2-5-14(13)19(22)23-17/h1-7,12H,8-11H2,(H,24,26). The van der Waals surface area contributed by atoms with Crippen LogP contribution in [0, 0.1) is 0 Å². The van der Waals surface area contributed by atoms with Crippen molar-refractivity contribution in [1.29, 1.82) is 0 Å². The van der Waals surface area contributed by atoms with Crippen LogP contribution < -0.4 is 10.2 Å². The van der Waals surface area contributed by atoms with E-state index in [-0.39, 0.29) is 11.6 Å². The number of hydrogen-bond acceptors (Lipinski definition) is 4. The number of morpholine rings is 1. The Morgan fingerprint density at radius 3 is 2.67 bits per heavy atom. The van der Waals surface area contributed by atoms with Crippen LogP contribution in [0.5, 0.6) is 0 Å². The lowest BCUT2D eigenvalue weighted by Crippen LogP contribution is -2.37. The zero-order valence-electron chi connectivity index (χ0n) is 14.4. The van der Waals surface area contributed by atoms with Crippen LogP contribution in [0.4, 0.5) is 11.4 Å². The van der Waals surface area contributed by atoms with E-state index in [1.807, 2.05) is 42.5 Å². The monoisotopic (exact) mass is 401 g/mol. The molecule has 0 bridgehead atoms. The fraction of sp³-hybridized carbons (Fsp3) is 0.200. The van der Waals surface area contributed by atoms with Crippen LogP contribution in [-0.4, -0.2) is 37.2 Å². The SMILES string of the molecule is O=C(Nc1cccc(Cl)c1N1CCOCC1)c1cc2ccccc2c(Cl)n1. The van der Waals surface area contributed by atoms with Crippen molar-refractivity contribution < 1.29 is 9.53 Å². The molecule has 1 aromatic heterocycles. The molecule has 138 valence electrons. The third-order valence-electron chi connectivity index (χ3n) is 4.49. The van der Waals surface area contributed by atoms with Gasteiger partial charge in [-0.2, -0.15) is 0 Å². The maximum absolute atomic E-state index is 12.8. The lowest BCUT2D eigenvalue weighted by molar-refractivity contribution is 0.102. The lowest BCUT2D eigenvalue weighted by Gasteiger charge is -2.31. The van der Waals surface area contributed by atoms with Crippen LogP contribution in [-0.2, 0) is 4.74 Å². The Kier molecular flexibility index (Phi) is 5.16. The summed E-state index contributed by atoms with van der Waals surface area (Å²) in [5.41, 5.74) is 1.69. The number of para-hydroxylation sites is 1. The number of rotatable bonds is 3. The Balaban J connectivity index is 1.66. The van der Waals surface area contributed by atoms with E-state index in [2.05, 4.69) is 15.2 Å². The number of aromatic nitrogens is 1. The van der Waals surface area contributed by atoms with Crippen molar-refractivity contribution >= 4 is 51.3 Å². The van der Waals surface area contributed by atoms with E-state index in [9.17, 15) is 4.79 Å². The minimum absolute atomic E-state index is 0.256. The van der Waals surface area contributed by atoms with E-state index >= 15 is 0 Å². The Morgan fingerprint density at radius 1 is 1.07 bits per heavy atom. The van der Waals surface area contributed by atoms with Gasteiger partial charge in [0.1, 0.15) is 10.8 Å². The van der Waals surface area contributed by atoms with Crippen LogP contribution in [0.2, 0.25) is 10.2 Å². The van der Waals surface area contributed by atoms with E-state index in [0.717, 1.165) is 16.5 Å². The molecule has 1 aliphatic heterocycles. The number of carbonyl (C=O) groups is 1. The predicted molar refractivity (Wildman–Crippen MR) is 109 cm³/mol. The Bertz CT molecular complexity index is 1000. The van der Waals surface area contributed by atoms with Crippen molar-refractivity contribution in [2.45, 2.75) is 0 Å². The summed E-state index contributed by atoms with van der Waals surface area (Å²) in [7, 11) is 0. The maximum atomic E-state index is 12.8. The number of ether oxygens (including phenoxy) is 1. The molecule has 0 unspecified atom stereocenters. The first kappa shape index (κ1) is 18.0. The predicted octanol–water partition coefficient (Wildman–Crippen LogP) is 4.63. The van der Waals surface area contributed by atoms with Crippen molar-refractivity contribution in [2.24, 2.45) is 0 Å². The quantitative estimate of drug-likeness (QED) is 0.649. The van der Waals surface area contributed by atoms with Gasteiger partial charge in [-0.15, -0.1) is 0 Å². The number of pyridine rings is 1. The minimum Gasteiger partial charge on any atom is -0.378 e. The molecule has 5 nitrogen and oxygen atoms in total. The van der Waals surface area contributed by atoms with Gasteiger partial charge in [-0.1, -0.05) is 53.5 Å². The fourth-order valence-electron chi connectivity index (χ4n) is 3.18. The Labute approximate surface area is 166 Å². The van der Waals surface area contributed by atoms with Crippen molar-refractivity contribution in [3.8, 4) is 0 Å². The van der Waals surface area contributed by atoms with Gasteiger partial charge in [0.15, 0.2) is 0 Å². The van der Waals surface area contributed by atoms with Gasteiger partial charge in [0.05, 0.1) is 29.6 Å². The highest BCUT2D eigenvalue weighted by molar-refractivity contribution is 6.35. The topological polar surface area (TPSA) is 54.5 Å². The van der Waals surface area contributed by atoms with Gasteiger partial charge in [-0.3, -0.25) is 4.79 Å². The Hall–Kier alpha value is -2.34. The van der Waals surface area contributed by atoms with Gasteiger partial charge in [-0.05, 0) is 23.6 Å². The largest absolute Gasteiger partial charge is 0.378 e. The first-order valence-electron chi connectivity index (χ1n) is 8.61. The third kappa shape index (κ3) is 3.72. The summed E-state index contributed by atoms with van der Waals surface area (Å²) in [6.45, 7) is 2.68. The van der Waals surface area contributed by atoms with Crippen LogP contribution in [0.3, 0.4) is 0 Å². The summed E-state index contributed by atoms with van der Waals surface area (Å²) in [6, 6.07) is 14.7. The lowest BCUT2D eigenvalue weighted by atomic mass is 10.1. The fourth-order valence-corrected chi connectivity index (χ4v) is 3.74. The van der Waals surface area contributed by atoms with E-state index in [1.165, 1.54) is 0 Å². The molecule has 2 heterocycles. The highest BCUT2D eigenvalue weighted by Gasteiger charge is 2.20. The molecule has 7 heteroatoms. The summed E-state index contributed by atoms with van der Waals surface area (Å²) < 4.78 is 5.41. The van der Waals surface area contributed by atoms with Gasteiger partial charge in [-0.25, -0.2) is 4.98 Å². The van der Waals surface area contributed by atoms with Crippen molar-refractivity contribution in [3.63, 3.8) is 0 Å². The molecule has 4 rings (SSSR count). The van der Waals surface area contributed by atoms with Crippen LogP contribution >= 0.6 is 23.2 Å². The summed E-state index contributed by atoms with van der Waals surface area (Å²) in [6.07, 6.45) is 0. The molecule has 1 amide bonds. The average molecular weight is 402 g/mol. The third-order valence-corrected chi connectivity index (χ3v) is 5.08.